The van der Waals surface area contributed by atoms with Crippen molar-refractivity contribution in [2.75, 3.05) is 0 Å². The molecule has 2 nitrogen and oxygen atoms in total. The predicted octanol–water partition coefficient (Wildman–Crippen LogP) is 1.98. The molecule has 1 aromatic rings. The van der Waals surface area contributed by atoms with E-state index in [1.54, 1.807) is 18.2 Å². The van der Waals surface area contributed by atoms with Crippen molar-refractivity contribution in [1.29, 1.82) is 5.26 Å². The molecule has 2 N–H and O–H groups in total. The van der Waals surface area contributed by atoms with Crippen LogP contribution in [0.3, 0.4) is 0 Å². The molecule has 0 radical (unpaired) electrons. The Hall–Kier alpha value is -1.40. The quantitative estimate of drug-likeness (QED) is 0.778. The molecule has 14 heavy (non-hydrogen) atoms. The molecule has 1 rings (SSSR count). The first-order valence-corrected chi connectivity index (χ1v) is 4.40. The Bertz CT molecular complexity index is 372. The van der Waals surface area contributed by atoms with Gasteiger partial charge in [0.1, 0.15) is 11.9 Å². The van der Waals surface area contributed by atoms with Gasteiger partial charge in [0, 0.05) is 5.54 Å². The zero-order valence-electron chi connectivity index (χ0n) is 8.34. The lowest BCUT2D eigenvalue weighted by Crippen LogP contribution is -2.34. The van der Waals surface area contributed by atoms with Crippen molar-refractivity contribution in [2.24, 2.45) is 5.73 Å². The Balaban J connectivity index is 2.97. The molecular weight excluding hydrogens is 179 g/mol. The second-order valence-corrected chi connectivity index (χ2v) is 4.09. The summed E-state index contributed by atoms with van der Waals surface area (Å²) in [5.41, 5.74) is 6.44. The van der Waals surface area contributed by atoms with Crippen LogP contribution in [-0.4, -0.2) is 5.54 Å². The number of nitrogens with zero attached hydrogens (tertiary/aromatic N) is 1. The van der Waals surface area contributed by atoms with Gasteiger partial charge in [-0.05, 0) is 38.0 Å². The Kier molecular flexibility index (Phi) is 2.87. The molecule has 0 atom stereocenters. The highest BCUT2D eigenvalue weighted by atomic mass is 19.1. The third-order valence-corrected chi connectivity index (χ3v) is 1.81. The molecule has 0 fully saturated rings. The van der Waals surface area contributed by atoms with Crippen LogP contribution in [0, 0.1) is 17.1 Å². The van der Waals surface area contributed by atoms with Crippen LogP contribution in [0.25, 0.3) is 0 Å². The van der Waals surface area contributed by atoms with Crippen LogP contribution in [0.4, 0.5) is 4.39 Å². The topological polar surface area (TPSA) is 49.8 Å². The highest BCUT2D eigenvalue weighted by Gasteiger charge is 2.12. The molecule has 0 bridgehead atoms. The van der Waals surface area contributed by atoms with E-state index in [9.17, 15) is 4.39 Å². The molecule has 0 saturated heterocycles. The van der Waals surface area contributed by atoms with Crippen LogP contribution in [0.15, 0.2) is 18.2 Å². The number of nitriles is 1. The lowest BCUT2D eigenvalue weighted by Gasteiger charge is -2.18. The molecular formula is C11H13FN2. The minimum atomic E-state index is -0.480. The van der Waals surface area contributed by atoms with E-state index in [-0.39, 0.29) is 11.1 Å². The van der Waals surface area contributed by atoms with Crippen molar-refractivity contribution < 1.29 is 4.39 Å². The van der Waals surface area contributed by atoms with Crippen LogP contribution < -0.4 is 5.73 Å². The highest BCUT2D eigenvalue weighted by Crippen LogP contribution is 2.14. The van der Waals surface area contributed by atoms with Crippen molar-refractivity contribution in [3.8, 4) is 6.07 Å². The van der Waals surface area contributed by atoms with E-state index in [4.69, 9.17) is 11.0 Å². The predicted molar refractivity (Wildman–Crippen MR) is 53.1 cm³/mol. The molecule has 0 saturated carbocycles. The van der Waals surface area contributed by atoms with E-state index in [1.807, 2.05) is 13.8 Å². The zero-order valence-corrected chi connectivity index (χ0v) is 8.34. The fourth-order valence-corrected chi connectivity index (χ4v) is 1.29. The summed E-state index contributed by atoms with van der Waals surface area (Å²) in [6.07, 6.45) is 0.627. The number of hydrogen-bond acceptors (Lipinski definition) is 2. The lowest BCUT2D eigenvalue weighted by atomic mass is 9.95. The SMILES string of the molecule is CC(C)(N)Cc1ccc(F)c(C#N)c1. The maximum atomic E-state index is 12.9. The Morgan fingerprint density at radius 3 is 2.64 bits per heavy atom. The van der Waals surface area contributed by atoms with Gasteiger partial charge in [-0.15, -0.1) is 0 Å². The summed E-state index contributed by atoms with van der Waals surface area (Å²) < 4.78 is 12.9. The van der Waals surface area contributed by atoms with Gasteiger partial charge in [-0.1, -0.05) is 6.07 Å². The fraction of sp³-hybridized carbons (Fsp3) is 0.364. The van der Waals surface area contributed by atoms with Crippen molar-refractivity contribution in [1.82, 2.24) is 0 Å². The minimum absolute atomic E-state index is 0.0757. The molecule has 0 spiro atoms. The molecule has 74 valence electrons. The van der Waals surface area contributed by atoms with E-state index in [0.717, 1.165) is 5.56 Å². The number of nitrogens with two attached hydrogens (primary N) is 1. The summed E-state index contributed by atoms with van der Waals surface area (Å²) >= 11 is 0. The maximum Gasteiger partial charge on any atom is 0.140 e. The van der Waals surface area contributed by atoms with Gasteiger partial charge < -0.3 is 5.73 Å². The molecule has 0 amide bonds. The summed E-state index contributed by atoms with van der Waals surface area (Å²) in [5.74, 6) is -0.480. The van der Waals surface area contributed by atoms with Crippen molar-refractivity contribution >= 4 is 0 Å². The molecule has 0 aromatic heterocycles. The zero-order chi connectivity index (χ0) is 10.8. The number of hydrogen-bond donors (Lipinski definition) is 1. The van der Waals surface area contributed by atoms with Crippen LogP contribution in [0.5, 0.6) is 0 Å². The smallest absolute Gasteiger partial charge is 0.140 e. The maximum absolute atomic E-state index is 12.9. The van der Waals surface area contributed by atoms with Crippen LogP contribution in [0.1, 0.15) is 25.0 Å². The van der Waals surface area contributed by atoms with Gasteiger partial charge in [-0.3, -0.25) is 0 Å². The Morgan fingerprint density at radius 2 is 2.14 bits per heavy atom. The van der Waals surface area contributed by atoms with Gasteiger partial charge in [0.2, 0.25) is 0 Å². The average molecular weight is 192 g/mol. The Morgan fingerprint density at radius 1 is 1.50 bits per heavy atom. The van der Waals surface area contributed by atoms with Gasteiger partial charge in [-0.2, -0.15) is 5.26 Å². The second kappa shape index (κ2) is 3.77. The number of rotatable bonds is 2. The van der Waals surface area contributed by atoms with Gasteiger partial charge in [0.05, 0.1) is 5.56 Å². The van der Waals surface area contributed by atoms with E-state index in [2.05, 4.69) is 0 Å². The van der Waals surface area contributed by atoms with Gasteiger partial charge in [0.25, 0.3) is 0 Å². The summed E-state index contributed by atoms with van der Waals surface area (Å²) in [7, 11) is 0. The van der Waals surface area contributed by atoms with Crippen LogP contribution in [0.2, 0.25) is 0 Å². The molecule has 0 heterocycles. The first-order chi connectivity index (χ1) is 6.42. The van der Waals surface area contributed by atoms with E-state index in [0.29, 0.717) is 6.42 Å². The summed E-state index contributed by atoms with van der Waals surface area (Å²) in [6, 6.07) is 6.31. The summed E-state index contributed by atoms with van der Waals surface area (Å²) in [6.45, 7) is 3.78. The number of benzene rings is 1. The minimum Gasteiger partial charge on any atom is -0.325 e. The molecule has 0 unspecified atom stereocenters. The number of halogens is 1. The van der Waals surface area contributed by atoms with Crippen molar-refractivity contribution in [3.05, 3.63) is 35.1 Å². The summed E-state index contributed by atoms with van der Waals surface area (Å²) in [5, 5.41) is 8.62. The summed E-state index contributed by atoms with van der Waals surface area (Å²) in [4.78, 5) is 0. The third kappa shape index (κ3) is 2.82. The normalized spacial score (nSPS) is 11.1. The Labute approximate surface area is 83.2 Å². The molecule has 0 aliphatic rings. The van der Waals surface area contributed by atoms with Gasteiger partial charge in [0.15, 0.2) is 0 Å². The molecule has 3 heteroatoms. The fourth-order valence-electron chi connectivity index (χ4n) is 1.29. The van der Waals surface area contributed by atoms with Crippen LogP contribution >= 0.6 is 0 Å². The average Bonchev–Trinajstić information content (AvgIpc) is 2.06. The monoisotopic (exact) mass is 192 g/mol. The first-order valence-electron chi connectivity index (χ1n) is 4.40. The first kappa shape index (κ1) is 10.7. The standard InChI is InChI=1S/C11H13FN2/c1-11(2,14)6-8-3-4-10(12)9(5-8)7-13/h3-5H,6,14H2,1-2H3. The molecule has 0 aliphatic carbocycles. The van der Waals surface area contributed by atoms with Gasteiger partial charge >= 0.3 is 0 Å². The van der Waals surface area contributed by atoms with Crippen LogP contribution in [-0.2, 0) is 6.42 Å². The van der Waals surface area contributed by atoms with Gasteiger partial charge in [-0.25, -0.2) is 4.39 Å². The third-order valence-electron chi connectivity index (χ3n) is 1.81. The van der Waals surface area contributed by atoms with E-state index >= 15 is 0 Å². The largest absolute Gasteiger partial charge is 0.325 e. The van der Waals surface area contributed by atoms with E-state index < -0.39 is 5.82 Å². The lowest BCUT2D eigenvalue weighted by molar-refractivity contribution is 0.515. The second-order valence-electron chi connectivity index (χ2n) is 4.09. The van der Waals surface area contributed by atoms with Crippen molar-refractivity contribution in [3.63, 3.8) is 0 Å². The highest BCUT2D eigenvalue weighted by molar-refractivity contribution is 5.34. The van der Waals surface area contributed by atoms with Crippen molar-refractivity contribution in [2.45, 2.75) is 25.8 Å². The van der Waals surface area contributed by atoms with E-state index in [1.165, 1.54) is 6.07 Å². The molecule has 1 aromatic carbocycles. The molecule has 0 aliphatic heterocycles.